The van der Waals surface area contributed by atoms with Gasteiger partial charge < -0.3 is 9.32 Å². The molecular formula is C21H26N3O4+. The predicted octanol–water partition coefficient (Wildman–Crippen LogP) is 1.70. The van der Waals surface area contributed by atoms with Crippen LogP contribution in [-0.2, 0) is 22.6 Å². The van der Waals surface area contributed by atoms with Gasteiger partial charge in [-0.15, -0.1) is 0 Å². The Morgan fingerprint density at radius 3 is 2.54 bits per heavy atom. The molecule has 1 atom stereocenters. The van der Waals surface area contributed by atoms with E-state index in [1.165, 1.54) is 4.90 Å². The SMILES string of the molecule is CCc1oc2ccccc2c1C[NH+](C)CN1C(=O)C(=O)N(C2CCCC2)C1=O. The third-order valence-corrected chi connectivity index (χ3v) is 5.78. The third-order valence-electron chi connectivity index (χ3n) is 5.78. The topological polar surface area (TPSA) is 75.3 Å². The molecule has 1 N–H and O–H groups in total. The molecule has 1 aromatic carbocycles. The molecule has 2 aromatic rings. The van der Waals surface area contributed by atoms with Gasteiger partial charge in [0.2, 0.25) is 0 Å². The summed E-state index contributed by atoms with van der Waals surface area (Å²) >= 11 is 0. The van der Waals surface area contributed by atoms with Gasteiger partial charge in [-0.1, -0.05) is 38.0 Å². The van der Waals surface area contributed by atoms with Crippen LogP contribution in [-0.4, -0.2) is 47.4 Å². The lowest BCUT2D eigenvalue weighted by molar-refractivity contribution is -0.901. The highest BCUT2D eigenvalue weighted by atomic mass is 16.3. The molecular weight excluding hydrogens is 358 g/mol. The summed E-state index contributed by atoms with van der Waals surface area (Å²) in [7, 11) is 1.92. The van der Waals surface area contributed by atoms with Crippen molar-refractivity contribution in [3.63, 3.8) is 0 Å². The number of nitrogens with one attached hydrogen (secondary N) is 1. The highest BCUT2D eigenvalue weighted by Gasteiger charge is 2.49. The van der Waals surface area contributed by atoms with E-state index >= 15 is 0 Å². The van der Waals surface area contributed by atoms with Crippen LogP contribution in [0.4, 0.5) is 4.79 Å². The van der Waals surface area contributed by atoms with Gasteiger partial charge in [-0.05, 0) is 18.9 Å². The van der Waals surface area contributed by atoms with Gasteiger partial charge in [0.15, 0.2) is 6.67 Å². The highest BCUT2D eigenvalue weighted by Crippen LogP contribution is 2.28. The summed E-state index contributed by atoms with van der Waals surface area (Å²) in [5.41, 5.74) is 1.94. The molecule has 1 unspecified atom stereocenters. The van der Waals surface area contributed by atoms with Crippen molar-refractivity contribution in [3.05, 3.63) is 35.6 Å². The number of quaternary nitrogens is 1. The number of hydrogen-bond donors (Lipinski definition) is 1. The van der Waals surface area contributed by atoms with Gasteiger partial charge in [0.25, 0.3) is 0 Å². The van der Waals surface area contributed by atoms with E-state index in [1.54, 1.807) is 0 Å². The summed E-state index contributed by atoms with van der Waals surface area (Å²) in [6, 6.07) is 7.29. The Kier molecular flexibility index (Phi) is 4.93. The first-order valence-electron chi connectivity index (χ1n) is 10.0. The molecule has 1 saturated carbocycles. The number of urea groups is 1. The molecule has 1 aliphatic heterocycles. The zero-order valence-electron chi connectivity index (χ0n) is 16.4. The average molecular weight is 384 g/mol. The summed E-state index contributed by atoms with van der Waals surface area (Å²) in [6.45, 7) is 2.81. The van der Waals surface area contributed by atoms with Crippen molar-refractivity contribution in [1.29, 1.82) is 0 Å². The maximum Gasteiger partial charge on any atom is 0.338 e. The van der Waals surface area contributed by atoms with Gasteiger partial charge in [-0.2, -0.15) is 0 Å². The number of furan rings is 1. The minimum atomic E-state index is -0.705. The molecule has 148 valence electrons. The Hall–Kier alpha value is -2.67. The van der Waals surface area contributed by atoms with E-state index in [-0.39, 0.29) is 12.7 Å². The van der Waals surface area contributed by atoms with Gasteiger partial charge in [0.1, 0.15) is 17.9 Å². The Bertz CT molecular complexity index is 929. The Morgan fingerprint density at radius 1 is 1.11 bits per heavy atom. The molecule has 4 rings (SSSR count). The van der Waals surface area contributed by atoms with Gasteiger partial charge in [0, 0.05) is 17.8 Å². The van der Waals surface area contributed by atoms with Crippen molar-refractivity contribution < 1.29 is 23.7 Å². The predicted molar refractivity (Wildman–Crippen MR) is 102 cm³/mol. The molecule has 0 radical (unpaired) electrons. The molecule has 0 bridgehead atoms. The number of para-hydroxylation sites is 1. The fraction of sp³-hybridized carbons (Fsp3) is 0.476. The van der Waals surface area contributed by atoms with Gasteiger partial charge in [-0.3, -0.25) is 14.5 Å². The van der Waals surface area contributed by atoms with Crippen LogP contribution in [0.1, 0.15) is 43.9 Å². The standard InChI is InChI=1S/C21H25N3O4/c1-3-17-16(15-10-6-7-11-18(15)28-17)12-22(2)13-23-19(25)20(26)24(21(23)27)14-8-4-5-9-14/h6-7,10-11,14H,3-5,8-9,12-13H2,1-2H3/p+1. The first-order chi connectivity index (χ1) is 13.5. The van der Waals surface area contributed by atoms with Crippen LogP contribution in [0.25, 0.3) is 11.0 Å². The van der Waals surface area contributed by atoms with Crippen LogP contribution in [0.3, 0.4) is 0 Å². The molecule has 0 spiro atoms. The molecule has 1 saturated heterocycles. The van der Waals surface area contributed by atoms with Crippen molar-refractivity contribution in [3.8, 4) is 0 Å². The fourth-order valence-electron chi connectivity index (χ4n) is 4.40. The van der Waals surface area contributed by atoms with Crippen LogP contribution in [0.5, 0.6) is 0 Å². The van der Waals surface area contributed by atoms with E-state index < -0.39 is 17.8 Å². The van der Waals surface area contributed by atoms with Crippen molar-refractivity contribution >= 4 is 28.8 Å². The van der Waals surface area contributed by atoms with Crippen LogP contribution < -0.4 is 4.90 Å². The average Bonchev–Trinajstić information content (AvgIpc) is 3.38. The Labute approximate surface area is 163 Å². The zero-order chi connectivity index (χ0) is 19.8. The van der Waals surface area contributed by atoms with E-state index in [0.29, 0.717) is 6.54 Å². The summed E-state index contributed by atoms with van der Waals surface area (Å²) in [5, 5.41) is 1.06. The second kappa shape index (κ2) is 7.39. The highest BCUT2D eigenvalue weighted by molar-refractivity contribution is 6.44. The van der Waals surface area contributed by atoms with E-state index in [2.05, 4.69) is 0 Å². The number of carbonyl (C=O) groups excluding carboxylic acids is 3. The molecule has 2 heterocycles. The first-order valence-corrected chi connectivity index (χ1v) is 10.0. The maximum absolute atomic E-state index is 12.8. The lowest BCUT2D eigenvalue weighted by Gasteiger charge is -2.22. The van der Waals surface area contributed by atoms with Gasteiger partial charge >= 0.3 is 17.8 Å². The normalized spacial score (nSPS) is 19.4. The van der Waals surface area contributed by atoms with Gasteiger partial charge in [0.05, 0.1) is 12.6 Å². The number of benzene rings is 1. The number of amides is 4. The summed E-state index contributed by atoms with van der Waals surface area (Å²) < 4.78 is 5.94. The lowest BCUT2D eigenvalue weighted by Crippen LogP contribution is -3.09. The van der Waals surface area contributed by atoms with E-state index in [4.69, 9.17) is 4.42 Å². The van der Waals surface area contributed by atoms with Crippen molar-refractivity contribution in [2.45, 2.75) is 51.6 Å². The number of hydrogen-bond acceptors (Lipinski definition) is 4. The number of aryl methyl sites for hydroxylation is 1. The fourth-order valence-corrected chi connectivity index (χ4v) is 4.40. The molecule has 28 heavy (non-hydrogen) atoms. The molecule has 1 aromatic heterocycles. The van der Waals surface area contributed by atoms with Crippen LogP contribution in [0.15, 0.2) is 28.7 Å². The van der Waals surface area contributed by atoms with E-state index in [0.717, 1.165) is 64.2 Å². The second-order valence-electron chi connectivity index (χ2n) is 7.77. The molecule has 2 fully saturated rings. The number of imide groups is 2. The maximum atomic E-state index is 12.8. The summed E-state index contributed by atoms with van der Waals surface area (Å²) in [5.74, 6) is -0.458. The van der Waals surface area contributed by atoms with E-state index in [1.807, 2.05) is 38.2 Å². The largest absolute Gasteiger partial charge is 0.461 e. The number of carbonyl (C=O) groups is 3. The number of rotatable bonds is 6. The van der Waals surface area contributed by atoms with Gasteiger partial charge in [-0.25, -0.2) is 9.69 Å². The van der Waals surface area contributed by atoms with Crippen LogP contribution in [0, 0.1) is 0 Å². The Balaban J connectivity index is 1.51. The first kappa shape index (κ1) is 18.7. The summed E-state index contributed by atoms with van der Waals surface area (Å²) in [6.07, 6.45) is 4.35. The smallest absolute Gasteiger partial charge is 0.338 e. The minimum Gasteiger partial charge on any atom is -0.461 e. The number of nitrogens with zero attached hydrogens (tertiary/aromatic N) is 2. The molecule has 2 aliphatic rings. The van der Waals surface area contributed by atoms with Crippen LogP contribution >= 0.6 is 0 Å². The van der Waals surface area contributed by atoms with Crippen molar-refractivity contribution in [2.24, 2.45) is 0 Å². The molecule has 7 heteroatoms. The quantitative estimate of drug-likeness (QED) is 0.608. The number of fused-ring (bicyclic) bond motifs is 1. The van der Waals surface area contributed by atoms with Crippen LogP contribution in [0.2, 0.25) is 0 Å². The van der Waals surface area contributed by atoms with Crippen molar-refractivity contribution in [1.82, 2.24) is 9.80 Å². The van der Waals surface area contributed by atoms with E-state index in [9.17, 15) is 14.4 Å². The minimum absolute atomic E-state index is 0.126. The second-order valence-corrected chi connectivity index (χ2v) is 7.77. The molecule has 1 aliphatic carbocycles. The lowest BCUT2D eigenvalue weighted by atomic mass is 10.1. The zero-order valence-corrected chi connectivity index (χ0v) is 16.4. The third kappa shape index (κ3) is 3.09. The van der Waals surface area contributed by atoms with Crippen molar-refractivity contribution in [2.75, 3.05) is 13.7 Å². The molecule has 7 nitrogen and oxygen atoms in total. The Morgan fingerprint density at radius 2 is 1.82 bits per heavy atom. The summed E-state index contributed by atoms with van der Waals surface area (Å²) in [4.78, 5) is 40.8. The monoisotopic (exact) mass is 384 g/mol. The molecule has 4 amide bonds.